The van der Waals surface area contributed by atoms with E-state index < -0.39 is 12.1 Å². The zero-order valence-electron chi connectivity index (χ0n) is 16.8. The van der Waals surface area contributed by atoms with Crippen LogP contribution in [-0.2, 0) is 14.3 Å². The maximum absolute atomic E-state index is 13.0. The molecule has 2 aromatic carbocycles. The van der Waals surface area contributed by atoms with Crippen molar-refractivity contribution < 1.29 is 19.1 Å². The van der Waals surface area contributed by atoms with Gasteiger partial charge in [-0.3, -0.25) is 9.59 Å². The molecule has 1 heterocycles. The number of likely N-dealkylation sites (N-methyl/N-ethyl adjacent to an activating group) is 1. The second-order valence-corrected chi connectivity index (χ2v) is 6.91. The van der Waals surface area contributed by atoms with E-state index in [-0.39, 0.29) is 11.8 Å². The molecule has 6 heteroatoms. The number of anilines is 1. The lowest BCUT2D eigenvalue weighted by Gasteiger charge is -2.25. The first kappa shape index (κ1) is 20.6. The number of esters is 1. The van der Waals surface area contributed by atoms with Gasteiger partial charge < -0.3 is 14.5 Å². The van der Waals surface area contributed by atoms with Crippen molar-refractivity contribution in [2.75, 3.05) is 24.5 Å². The topological polar surface area (TPSA) is 66.9 Å². The highest BCUT2D eigenvalue weighted by Gasteiger charge is 2.29. The van der Waals surface area contributed by atoms with Gasteiger partial charge in [0.2, 0.25) is 12.0 Å². The fourth-order valence-corrected chi connectivity index (χ4v) is 3.49. The summed E-state index contributed by atoms with van der Waals surface area (Å²) in [5.74, 6) is -0.789. The Bertz CT molecular complexity index is 877. The highest BCUT2D eigenvalue weighted by molar-refractivity contribution is 5.98. The predicted octanol–water partition coefficient (Wildman–Crippen LogP) is 3.58. The third-order valence-corrected chi connectivity index (χ3v) is 5.09. The summed E-state index contributed by atoms with van der Waals surface area (Å²) in [6.45, 7) is 5.49. The van der Waals surface area contributed by atoms with Gasteiger partial charge in [-0.25, -0.2) is 4.79 Å². The Kier molecular flexibility index (Phi) is 6.65. The van der Waals surface area contributed by atoms with Gasteiger partial charge in [-0.1, -0.05) is 36.4 Å². The summed E-state index contributed by atoms with van der Waals surface area (Å²) in [5, 5.41) is 0. The van der Waals surface area contributed by atoms with E-state index in [9.17, 15) is 14.4 Å². The van der Waals surface area contributed by atoms with Gasteiger partial charge in [-0.2, -0.15) is 0 Å². The summed E-state index contributed by atoms with van der Waals surface area (Å²) in [6, 6.07) is 15.8. The summed E-state index contributed by atoms with van der Waals surface area (Å²) in [4.78, 5) is 41.2. The van der Waals surface area contributed by atoms with E-state index in [1.807, 2.05) is 32.0 Å². The van der Waals surface area contributed by atoms with E-state index in [2.05, 4.69) is 0 Å². The molecule has 6 nitrogen and oxygen atoms in total. The van der Waals surface area contributed by atoms with Crippen molar-refractivity contribution in [2.24, 2.45) is 0 Å². The third kappa shape index (κ3) is 4.65. The molecular formula is C23H26N2O4. The molecule has 1 saturated heterocycles. The smallest absolute Gasteiger partial charge is 0.339 e. The fourth-order valence-electron chi connectivity index (χ4n) is 3.49. The molecule has 3 rings (SSSR count). The van der Waals surface area contributed by atoms with E-state index in [1.54, 1.807) is 46.2 Å². The zero-order valence-corrected chi connectivity index (χ0v) is 16.8. The highest BCUT2D eigenvalue weighted by Crippen LogP contribution is 2.25. The van der Waals surface area contributed by atoms with Crippen molar-refractivity contribution in [3.8, 4) is 0 Å². The molecule has 0 spiro atoms. The molecule has 0 radical (unpaired) electrons. The second-order valence-electron chi connectivity index (χ2n) is 6.91. The van der Waals surface area contributed by atoms with Crippen LogP contribution in [0.15, 0.2) is 54.6 Å². The van der Waals surface area contributed by atoms with Gasteiger partial charge in [0.15, 0.2) is 0 Å². The lowest BCUT2D eigenvalue weighted by atomic mass is 10.1. The first-order valence-corrected chi connectivity index (χ1v) is 10.00. The Labute approximate surface area is 171 Å². The van der Waals surface area contributed by atoms with Gasteiger partial charge in [-0.05, 0) is 38.5 Å². The quantitative estimate of drug-likeness (QED) is 0.673. The lowest BCUT2D eigenvalue weighted by Crippen LogP contribution is -2.36. The molecule has 2 amide bonds. The second kappa shape index (κ2) is 9.37. The predicted molar refractivity (Wildman–Crippen MR) is 111 cm³/mol. The maximum atomic E-state index is 13.0. The number of rotatable bonds is 7. The molecule has 0 bridgehead atoms. The molecule has 1 aliphatic rings. The van der Waals surface area contributed by atoms with Gasteiger partial charge in [-0.15, -0.1) is 0 Å². The molecule has 2 aromatic rings. The van der Waals surface area contributed by atoms with Crippen molar-refractivity contribution in [3.05, 3.63) is 65.7 Å². The molecule has 0 aromatic heterocycles. The van der Waals surface area contributed by atoms with Crippen LogP contribution in [0.3, 0.4) is 0 Å². The van der Waals surface area contributed by atoms with Crippen molar-refractivity contribution >= 4 is 23.5 Å². The fraction of sp³-hybridized carbons (Fsp3) is 0.348. The van der Waals surface area contributed by atoms with Gasteiger partial charge in [0, 0.05) is 37.3 Å². The number of hydrogen-bond acceptors (Lipinski definition) is 4. The van der Waals surface area contributed by atoms with Crippen LogP contribution >= 0.6 is 0 Å². The van der Waals surface area contributed by atoms with Crippen LogP contribution < -0.4 is 4.90 Å². The SMILES string of the molecule is CCN(CC)C(=O)[C@@H](OC(=O)c1cccc(N2CCCC2=O)c1)c1ccccc1. The number of hydrogen-bond donors (Lipinski definition) is 0. The van der Waals surface area contributed by atoms with E-state index >= 15 is 0 Å². The van der Waals surface area contributed by atoms with Crippen LogP contribution in [-0.4, -0.2) is 42.3 Å². The van der Waals surface area contributed by atoms with Gasteiger partial charge in [0.05, 0.1) is 5.56 Å². The van der Waals surface area contributed by atoms with Gasteiger partial charge in [0.1, 0.15) is 0 Å². The van der Waals surface area contributed by atoms with Crippen LogP contribution in [0.4, 0.5) is 5.69 Å². The van der Waals surface area contributed by atoms with E-state index in [0.717, 1.165) is 6.42 Å². The Balaban J connectivity index is 1.85. The van der Waals surface area contributed by atoms with Crippen molar-refractivity contribution in [2.45, 2.75) is 32.8 Å². The Hall–Kier alpha value is -3.15. The van der Waals surface area contributed by atoms with Crippen LogP contribution in [0.25, 0.3) is 0 Å². The maximum Gasteiger partial charge on any atom is 0.339 e. The monoisotopic (exact) mass is 394 g/mol. The lowest BCUT2D eigenvalue weighted by molar-refractivity contribution is -0.140. The average molecular weight is 394 g/mol. The van der Waals surface area contributed by atoms with Crippen LogP contribution in [0.1, 0.15) is 48.7 Å². The molecule has 0 saturated carbocycles. The van der Waals surface area contributed by atoms with E-state index in [1.165, 1.54) is 0 Å². The van der Waals surface area contributed by atoms with E-state index in [4.69, 9.17) is 4.74 Å². The summed E-state index contributed by atoms with van der Waals surface area (Å²) < 4.78 is 5.68. The van der Waals surface area contributed by atoms with Crippen molar-refractivity contribution in [1.29, 1.82) is 0 Å². The number of ether oxygens (including phenoxy) is 1. The molecule has 1 fully saturated rings. The van der Waals surface area contributed by atoms with Gasteiger partial charge >= 0.3 is 5.97 Å². The van der Waals surface area contributed by atoms with Crippen molar-refractivity contribution in [1.82, 2.24) is 4.90 Å². The summed E-state index contributed by atoms with van der Waals surface area (Å²) in [7, 11) is 0. The molecule has 0 aliphatic carbocycles. The minimum Gasteiger partial charge on any atom is -0.444 e. The first-order chi connectivity index (χ1) is 14.0. The third-order valence-electron chi connectivity index (χ3n) is 5.09. The molecule has 0 unspecified atom stereocenters. The molecular weight excluding hydrogens is 368 g/mol. The number of nitrogens with zero attached hydrogens (tertiary/aromatic N) is 2. The number of amides is 2. The summed E-state index contributed by atoms with van der Waals surface area (Å²) in [6.07, 6.45) is 0.311. The minimum atomic E-state index is -1.01. The molecule has 29 heavy (non-hydrogen) atoms. The minimum absolute atomic E-state index is 0.0504. The summed E-state index contributed by atoms with van der Waals surface area (Å²) in [5.41, 5.74) is 1.62. The highest BCUT2D eigenvalue weighted by atomic mass is 16.5. The molecule has 1 aliphatic heterocycles. The number of benzene rings is 2. The summed E-state index contributed by atoms with van der Waals surface area (Å²) >= 11 is 0. The number of carbonyl (C=O) groups is 3. The molecule has 152 valence electrons. The van der Waals surface area contributed by atoms with Crippen LogP contribution in [0, 0.1) is 0 Å². The average Bonchev–Trinajstić information content (AvgIpc) is 3.19. The van der Waals surface area contributed by atoms with Crippen molar-refractivity contribution in [3.63, 3.8) is 0 Å². The Morgan fingerprint density at radius 1 is 1.07 bits per heavy atom. The number of carbonyl (C=O) groups excluding carboxylic acids is 3. The molecule has 0 N–H and O–H groups in total. The molecule has 1 atom stereocenters. The standard InChI is InChI=1S/C23H26N2O4/c1-3-24(4-2)22(27)21(17-10-6-5-7-11-17)29-23(28)18-12-8-13-19(16-18)25-15-9-14-20(25)26/h5-8,10-13,16,21H,3-4,9,14-15H2,1-2H3/t21-/m0/s1. The Morgan fingerprint density at radius 3 is 2.41 bits per heavy atom. The zero-order chi connectivity index (χ0) is 20.8. The van der Waals surface area contributed by atoms with Gasteiger partial charge in [0.25, 0.3) is 5.91 Å². The first-order valence-electron chi connectivity index (χ1n) is 10.00. The van der Waals surface area contributed by atoms with Crippen LogP contribution in [0.5, 0.6) is 0 Å². The largest absolute Gasteiger partial charge is 0.444 e. The Morgan fingerprint density at radius 2 is 1.79 bits per heavy atom. The normalized spacial score (nSPS) is 14.6. The van der Waals surface area contributed by atoms with Crippen LogP contribution in [0.2, 0.25) is 0 Å². The van der Waals surface area contributed by atoms with E-state index in [0.29, 0.717) is 42.9 Å².